The molecule has 8 heteroatoms. The summed E-state index contributed by atoms with van der Waals surface area (Å²) in [6.45, 7) is 0.396. The Hall–Kier alpha value is -3.09. The Morgan fingerprint density at radius 2 is 1.90 bits per heavy atom. The van der Waals surface area contributed by atoms with Gasteiger partial charge in [0.2, 0.25) is 0 Å². The Kier molecular flexibility index (Phi) is 7.27. The second kappa shape index (κ2) is 10.1. The lowest BCUT2D eigenvalue weighted by Crippen LogP contribution is -2.25. The number of pyridine rings is 1. The summed E-state index contributed by atoms with van der Waals surface area (Å²) in [6, 6.07) is 12.6. The maximum absolute atomic E-state index is 12.5. The van der Waals surface area contributed by atoms with Gasteiger partial charge in [-0.2, -0.15) is 0 Å². The number of aromatic carboxylic acids is 1. The van der Waals surface area contributed by atoms with Crippen LogP contribution in [-0.2, 0) is 6.42 Å². The summed E-state index contributed by atoms with van der Waals surface area (Å²) in [6.07, 6.45) is 5.03. The Labute approximate surface area is 183 Å². The minimum atomic E-state index is -1.44. The zero-order valence-corrected chi connectivity index (χ0v) is 17.2. The topological polar surface area (TPSA) is 91.3 Å². The lowest BCUT2D eigenvalue weighted by atomic mass is 10.1. The minimum Gasteiger partial charge on any atom is -0.545 e. The van der Waals surface area contributed by atoms with Gasteiger partial charge in [0.05, 0.1) is 28.8 Å². The number of rotatable bonds is 8. The fourth-order valence-electron chi connectivity index (χ4n) is 2.77. The summed E-state index contributed by atoms with van der Waals surface area (Å²) in [7, 11) is 0. The molecular weight excluding hydrogens is 427 g/mol. The molecule has 0 aliphatic heterocycles. The standard InChI is InChI=1S/C22H18Cl2N2O4/c23-15-5-7-17(19(24)11-15)21(27)26-20-8-6-16(12-18(20)22(28)29)30-10-2-4-14-3-1-9-25-13-14/h1,3,5-9,11-13H,2,4,10H2,(H,26,27)(H,28,29)/p-1. The first-order chi connectivity index (χ1) is 14.4. The van der Waals surface area contributed by atoms with Gasteiger partial charge in [0, 0.05) is 23.0 Å². The van der Waals surface area contributed by atoms with E-state index in [-0.39, 0.29) is 21.8 Å². The highest BCUT2D eigenvalue weighted by Gasteiger charge is 2.14. The fraction of sp³-hybridized carbons (Fsp3) is 0.136. The summed E-state index contributed by atoms with van der Waals surface area (Å²) in [5.74, 6) is -1.64. The van der Waals surface area contributed by atoms with E-state index in [0.717, 1.165) is 18.4 Å². The molecule has 0 atom stereocenters. The van der Waals surface area contributed by atoms with Crippen molar-refractivity contribution in [3.8, 4) is 5.75 Å². The van der Waals surface area contributed by atoms with E-state index in [9.17, 15) is 14.7 Å². The molecule has 1 amide bonds. The molecule has 1 N–H and O–H groups in total. The smallest absolute Gasteiger partial charge is 0.257 e. The van der Waals surface area contributed by atoms with Crippen molar-refractivity contribution in [3.05, 3.63) is 87.7 Å². The quantitative estimate of drug-likeness (QED) is 0.530. The van der Waals surface area contributed by atoms with E-state index in [1.54, 1.807) is 18.5 Å². The first kappa shape index (κ1) is 21.6. The van der Waals surface area contributed by atoms with E-state index in [1.165, 1.54) is 30.3 Å². The molecule has 0 fully saturated rings. The van der Waals surface area contributed by atoms with Crippen LogP contribution >= 0.6 is 23.2 Å². The van der Waals surface area contributed by atoms with Crippen LogP contribution in [0.25, 0.3) is 0 Å². The van der Waals surface area contributed by atoms with E-state index in [2.05, 4.69) is 10.3 Å². The highest BCUT2D eigenvalue weighted by Crippen LogP contribution is 2.25. The van der Waals surface area contributed by atoms with Crippen molar-refractivity contribution in [2.75, 3.05) is 11.9 Å². The number of carboxylic acid groups (broad SMARTS) is 1. The van der Waals surface area contributed by atoms with Gasteiger partial charge in [0.1, 0.15) is 5.75 Å². The van der Waals surface area contributed by atoms with Crippen LogP contribution in [0.3, 0.4) is 0 Å². The zero-order valence-electron chi connectivity index (χ0n) is 15.7. The zero-order chi connectivity index (χ0) is 21.5. The number of halogens is 2. The van der Waals surface area contributed by atoms with E-state index < -0.39 is 11.9 Å². The van der Waals surface area contributed by atoms with Crippen LogP contribution in [0.1, 0.15) is 32.7 Å². The van der Waals surface area contributed by atoms with Gasteiger partial charge >= 0.3 is 0 Å². The predicted octanol–water partition coefficient (Wildman–Crippen LogP) is 4.02. The molecule has 0 aliphatic carbocycles. The number of ether oxygens (including phenoxy) is 1. The van der Waals surface area contributed by atoms with Crippen LogP contribution in [0, 0.1) is 0 Å². The number of nitrogens with zero attached hydrogens (tertiary/aromatic N) is 1. The van der Waals surface area contributed by atoms with E-state index in [0.29, 0.717) is 17.4 Å². The predicted molar refractivity (Wildman–Crippen MR) is 113 cm³/mol. The van der Waals surface area contributed by atoms with Crippen LogP contribution in [0.4, 0.5) is 5.69 Å². The summed E-state index contributed by atoms with van der Waals surface area (Å²) < 4.78 is 5.64. The molecular formula is C22H17Cl2N2O4-. The second-order valence-electron chi connectivity index (χ2n) is 6.39. The molecule has 154 valence electrons. The van der Waals surface area contributed by atoms with Crippen LogP contribution in [0.2, 0.25) is 10.0 Å². The Morgan fingerprint density at radius 1 is 1.07 bits per heavy atom. The third-order valence-electron chi connectivity index (χ3n) is 4.24. The van der Waals surface area contributed by atoms with Crippen LogP contribution in [0.5, 0.6) is 5.75 Å². The molecule has 3 rings (SSSR count). The van der Waals surface area contributed by atoms with Crippen molar-refractivity contribution in [2.45, 2.75) is 12.8 Å². The van der Waals surface area contributed by atoms with Crippen molar-refractivity contribution in [3.63, 3.8) is 0 Å². The number of carbonyl (C=O) groups is 2. The third kappa shape index (κ3) is 5.72. The first-order valence-electron chi connectivity index (χ1n) is 9.07. The molecule has 0 bridgehead atoms. The maximum atomic E-state index is 12.5. The van der Waals surface area contributed by atoms with Gasteiger partial charge in [-0.15, -0.1) is 0 Å². The lowest BCUT2D eigenvalue weighted by molar-refractivity contribution is -0.254. The minimum absolute atomic E-state index is 0.0775. The summed E-state index contributed by atoms with van der Waals surface area (Å²) in [4.78, 5) is 28.1. The molecule has 0 aliphatic rings. The molecule has 0 radical (unpaired) electrons. The SMILES string of the molecule is O=C(Nc1ccc(OCCCc2cccnc2)cc1C(=O)[O-])c1ccc(Cl)cc1Cl. The largest absolute Gasteiger partial charge is 0.545 e. The summed E-state index contributed by atoms with van der Waals surface area (Å²) in [5, 5.41) is 14.6. The number of nitrogens with one attached hydrogen (secondary N) is 1. The van der Waals surface area contributed by atoms with E-state index >= 15 is 0 Å². The van der Waals surface area contributed by atoms with Gasteiger partial charge < -0.3 is 20.0 Å². The number of benzene rings is 2. The van der Waals surface area contributed by atoms with Gasteiger partial charge in [-0.3, -0.25) is 9.78 Å². The van der Waals surface area contributed by atoms with Crippen molar-refractivity contribution in [1.82, 2.24) is 4.98 Å². The van der Waals surface area contributed by atoms with Gasteiger partial charge in [-0.25, -0.2) is 0 Å². The van der Waals surface area contributed by atoms with Crippen molar-refractivity contribution < 1.29 is 19.4 Å². The number of carbonyl (C=O) groups excluding carboxylic acids is 2. The number of aromatic nitrogens is 1. The number of aryl methyl sites for hydroxylation is 1. The monoisotopic (exact) mass is 443 g/mol. The molecule has 1 aromatic heterocycles. The molecule has 30 heavy (non-hydrogen) atoms. The third-order valence-corrected chi connectivity index (χ3v) is 4.78. The number of hydrogen-bond acceptors (Lipinski definition) is 5. The molecule has 1 heterocycles. The van der Waals surface area contributed by atoms with Gasteiger partial charge in [-0.05, 0) is 60.9 Å². The maximum Gasteiger partial charge on any atom is 0.257 e. The van der Waals surface area contributed by atoms with Crippen LogP contribution < -0.4 is 15.2 Å². The van der Waals surface area contributed by atoms with Crippen molar-refractivity contribution in [2.24, 2.45) is 0 Å². The van der Waals surface area contributed by atoms with Crippen molar-refractivity contribution in [1.29, 1.82) is 0 Å². The molecule has 0 saturated carbocycles. The highest BCUT2D eigenvalue weighted by molar-refractivity contribution is 6.37. The number of anilines is 1. The van der Waals surface area contributed by atoms with E-state index in [1.807, 2.05) is 12.1 Å². The Balaban J connectivity index is 1.66. The lowest BCUT2D eigenvalue weighted by Gasteiger charge is -2.15. The molecule has 6 nitrogen and oxygen atoms in total. The summed E-state index contributed by atoms with van der Waals surface area (Å²) >= 11 is 11.9. The molecule has 0 spiro atoms. The average molecular weight is 444 g/mol. The fourth-order valence-corrected chi connectivity index (χ4v) is 3.26. The highest BCUT2D eigenvalue weighted by atomic mass is 35.5. The Morgan fingerprint density at radius 3 is 2.60 bits per heavy atom. The number of hydrogen-bond donors (Lipinski definition) is 1. The van der Waals surface area contributed by atoms with Gasteiger partial charge in [0.25, 0.3) is 5.91 Å². The summed E-state index contributed by atoms with van der Waals surface area (Å²) in [5.41, 5.74) is 1.14. The van der Waals surface area contributed by atoms with E-state index in [4.69, 9.17) is 27.9 Å². The van der Waals surface area contributed by atoms with Gasteiger partial charge in [0.15, 0.2) is 0 Å². The second-order valence-corrected chi connectivity index (χ2v) is 7.23. The Bertz CT molecular complexity index is 1060. The van der Waals surface area contributed by atoms with Gasteiger partial charge in [-0.1, -0.05) is 29.3 Å². The average Bonchev–Trinajstić information content (AvgIpc) is 2.72. The molecule has 0 unspecified atom stereocenters. The van der Waals surface area contributed by atoms with Crippen LogP contribution in [0.15, 0.2) is 60.9 Å². The number of amides is 1. The number of carboxylic acids is 1. The molecule has 3 aromatic rings. The van der Waals surface area contributed by atoms with Crippen LogP contribution in [-0.4, -0.2) is 23.5 Å². The van der Waals surface area contributed by atoms with Crippen molar-refractivity contribution >= 4 is 40.8 Å². The molecule has 0 saturated heterocycles. The first-order valence-corrected chi connectivity index (χ1v) is 9.83. The molecule has 2 aromatic carbocycles. The normalized spacial score (nSPS) is 10.5.